The predicted molar refractivity (Wildman–Crippen MR) is 128 cm³/mol. The van der Waals surface area contributed by atoms with E-state index in [4.69, 9.17) is 4.52 Å². The van der Waals surface area contributed by atoms with Crippen molar-refractivity contribution in [3.05, 3.63) is 52.9 Å². The second-order valence-corrected chi connectivity index (χ2v) is 9.42. The normalized spacial score (nSPS) is 21.0. The number of hydrogen-bond donors (Lipinski definition) is 3. The Hall–Kier alpha value is -3.24. The van der Waals surface area contributed by atoms with Gasteiger partial charge in [0.15, 0.2) is 5.76 Å². The molecular formula is C25H33N5O5. The largest absolute Gasteiger partial charge is 0.478 e. The van der Waals surface area contributed by atoms with E-state index in [0.29, 0.717) is 18.6 Å². The summed E-state index contributed by atoms with van der Waals surface area (Å²) in [4.78, 5) is 40.9. The molecule has 1 aromatic carbocycles. The summed E-state index contributed by atoms with van der Waals surface area (Å²) in [6, 6.07) is 7.89. The molecule has 1 aromatic heterocycles. The first kappa shape index (κ1) is 24.9. The van der Waals surface area contributed by atoms with Gasteiger partial charge in [0.25, 0.3) is 5.91 Å². The first-order chi connectivity index (χ1) is 16.9. The van der Waals surface area contributed by atoms with Gasteiger partial charge in [-0.25, -0.2) is 4.79 Å². The van der Waals surface area contributed by atoms with E-state index in [1.54, 1.807) is 12.1 Å². The standard InChI is InChI=1S/C25H33N5O5/c1-29-8-10-30(11-9-29)23(31)13-17-6-7-26-15-18(17)12-19-14-20(35-28-19)16-27-24(32)21-4-2-3-5-22(21)25(33)34/h2-5,14,17-18,26H,6-13,15-16H2,1H3,(H,27,32)(H,33,34)/t17-,18+/m1/s1. The van der Waals surface area contributed by atoms with Crippen LogP contribution in [-0.4, -0.2) is 84.2 Å². The first-order valence-corrected chi connectivity index (χ1v) is 12.1. The van der Waals surface area contributed by atoms with E-state index >= 15 is 0 Å². The van der Waals surface area contributed by atoms with Crippen LogP contribution in [0.2, 0.25) is 0 Å². The lowest BCUT2D eigenvalue weighted by Crippen LogP contribution is -2.48. The van der Waals surface area contributed by atoms with Gasteiger partial charge in [0.2, 0.25) is 5.91 Å². The average Bonchev–Trinajstić information content (AvgIpc) is 3.31. The van der Waals surface area contributed by atoms with Gasteiger partial charge in [0, 0.05) is 38.7 Å². The van der Waals surface area contributed by atoms with Gasteiger partial charge >= 0.3 is 5.97 Å². The van der Waals surface area contributed by atoms with Gasteiger partial charge < -0.3 is 30.1 Å². The number of carboxylic acid groups (broad SMARTS) is 1. The highest BCUT2D eigenvalue weighted by Gasteiger charge is 2.30. The molecule has 2 atom stereocenters. The number of piperidine rings is 1. The Morgan fingerprint density at radius 3 is 2.63 bits per heavy atom. The summed E-state index contributed by atoms with van der Waals surface area (Å²) >= 11 is 0. The van der Waals surface area contributed by atoms with Crippen LogP contribution in [0.1, 0.15) is 45.0 Å². The summed E-state index contributed by atoms with van der Waals surface area (Å²) in [5.41, 5.74) is 0.831. The molecule has 3 heterocycles. The van der Waals surface area contributed by atoms with Crippen LogP contribution in [0.5, 0.6) is 0 Å². The van der Waals surface area contributed by atoms with Crippen LogP contribution in [0.15, 0.2) is 34.9 Å². The molecule has 2 amide bonds. The molecule has 35 heavy (non-hydrogen) atoms. The Balaban J connectivity index is 1.31. The molecule has 10 nitrogen and oxygen atoms in total. The zero-order chi connectivity index (χ0) is 24.8. The van der Waals surface area contributed by atoms with Crippen molar-refractivity contribution in [3.63, 3.8) is 0 Å². The third-order valence-corrected chi connectivity index (χ3v) is 6.96. The highest BCUT2D eigenvalue weighted by Crippen LogP contribution is 2.27. The lowest BCUT2D eigenvalue weighted by molar-refractivity contribution is -0.134. The second kappa shape index (κ2) is 11.5. The first-order valence-electron chi connectivity index (χ1n) is 12.1. The SMILES string of the molecule is CN1CCN(C(=O)C[C@H]2CCNC[C@@H]2Cc2cc(CNC(=O)c3ccccc3C(=O)O)on2)CC1. The molecule has 0 bridgehead atoms. The number of rotatable bonds is 8. The van der Waals surface area contributed by atoms with Crippen molar-refractivity contribution >= 4 is 17.8 Å². The van der Waals surface area contributed by atoms with E-state index in [9.17, 15) is 19.5 Å². The van der Waals surface area contributed by atoms with Gasteiger partial charge in [-0.05, 0) is 56.9 Å². The molecule has 2 saturated heterocycles. The van der Waals surface area contributed by atoms with E-state index < -0.39 is 11.9 Å². The third-order valence-electron chi connectivity index (χ3n) is 6.96. The summed E-state index contributed by atoms with van der Waals surface area (Å²) in [6.07, 6.45) is 2.20. The quantitative estimate of drug-likeness (QED) is 0.512. The van der Waals surface area contributed by atoms with Crippen LogP contribution in [0.3, 0.4) is 0 Å². The van der Waals surface area contributed by atoms with Gasteiger partial charge in [-0.15, -0.1) is 0 Å². The second-order valence-electron chi connectivity index (χ2n) is 9.42. The molecular weight excluding hydrogens is 450 g/mol. The fourth-order valence-corrected chi connectivity index (χ4v) is 4.83. The molecule has 0 aliphatic carbocycles. The topological polar surface area (TPSA) is 128 Å². The minimum Gasteiger partial charge on any atom is -0.478 e. The van der Waals surface area contributed by atoms with Crippen molar-refractivity contribution in [3.8, 4) is 0 Å². The summed E-state index contributed by atoms with van der Waals surface area (Å²) in [5.74, 6) is -0.347. The zero-order valence-electron chi connectivity index (χ0n) is 20.0. The number of aromatic nitrogens is 1. The highest BCUT2D eigenvalue weighted by atomic mass is 16.5. The number of carbonyl (C=O) groups is 3. The van der Waals surface area contributed by atoms with Crippen LogP contribution in [-0.2, 0) is 17.8 Å². The zero-order valence-corrected chi connectivity index (χ0v) is 20.0. The molecule has 10 heteroatoms. The van der Waals surface area contributed by atoms with Crippen molar-refractivity contribution in [2.75, 3.05) is 46.3 Å². The van der Waals surface area contributed by atoms with Gasteiger partial charge in [-0.2, -0.15) is 0 Å². The maximum atomic E-state index is 12.9. The number of nitrogens with zero attached hydrogens (tertiary/aromatic N) is 3. The molecule has 0 unspecified atom stereocenters. The number of nitrogens with one attached hydrogen (secondary N) is 2. The third kappa shape index (κ3) is 6.46. The van der Waals surface area contributed by atoms with Crippen molar-refractivity contribution < 1.29 is 24.0 Å². The fraction of sp³-hybridized carbons (Fsp3) is 0.520. The van der Waals surface area contributed by atoms with E-state index in [0.717, 1.165) is 51.4 Å². The number of benzene rings is 1. The molecule has 3 N–H and O–H groups in total. The lowest BCUT2D eigenvalue weighted by Gasteiger charge is -2.36. The van der Waals surface area contributed by atoms with Crippen LogP contribution >= 0.6 is 0 Å². The molecule has 4 rings (SSSR count). The van der Waals surface area contributed by atoms with Gasteiger partial charge in [0.05, 0.1) is 23.4 Å². The number of piperazine rings is 1. The number of carboxylic acids is 1. The Labute approximate surface area is 204 Å². The smallest absolute Gasteiger partial charge is 0.336 e. The summed E-state index contributed by atoms with van der Waals surface area (Å²) < 4.78 is 5.41. The molecule has 2 aliphatic rings. The highest BCUT2D eigenvalue weighted by molar-refractivity contribution is 6.04. The van der Waals surface area contributed by atoms with Crippen LogP contribution in [0, 0.1) is 11.8 Å². The number of amides is 2. The number of hydrogen-bond acceptors (Lipinski definition) is 7. The van der Waals surface area contributed by atoms with Gasteiger partial charge in [-0.1, -0.05) is 17.3 Å². The maximum absolute atomic E-state index is 12.9. The Morgan fingerprint density at radius 2 is 1.89 bits per heavy atom. The number of likely N-dealkylation sites (N-methyl/N-ethyl adjacent to an activating group) is 1. The Bertz CT molecular complexity index is 1050. The molecule has 0 radical (unpaired) electrons. The summed E-state index contributed by atoms with van der Waals surface area (Å²) in [5, 5.41) is 19.6. The van der Waals surface area contributed by atoms with E-state index in [1.807, 2.05) is 11.0 Å². The maximum Gasteiger partial charge on any atom is 0.336 e. The molecule has 2 aliphatic heterocycles. The van der Waals surface area contributed by atoms with Crippen molar-refractivity contribution in [1.29, 1.82) is 0 Å². The Morgan fingerprint density at radius 1 is 1.14 bits per heavy atom. The predicted octanol–water partition coefficient (Wildman–Crippen LogP) is 1.24. The van der Waals surface area contributed by atoms with Crippen molar-refractivity contribution in [2.24, 2.45) is 11.8 Å². The lowest BCUT2D eigenvalue weighted by atomic mass is 9.81. The van der Waals surface area contributed by atoms with Crippen LogP contribution < -0.4 is 10.6 Å². The average molecular weight is 484 g/mol. The minimum atomic E-state index is -1.15. The minimum absolute atomic E-state index is 0.0507. The fourth-order valence-electron chi connectivity index (χ4n) is 4.83. The van der Waals surface area contributed by atoms with Crippen molar-refractivity contribution in [2.45, 2.75) is 25.8 Å². The monoisotopic (exact) mass is 483 g/mol. The van der Waals surface area contributed by atoms with Crippen LogP contribution in [0.4, 0.5) is 0 Å². The Kier molecular flexibility index (Phi) is 8.14. The number of carbonyl (C=O) groups excluding carboxylic acids is 2. The molecule has 2 aromatic rings. The summed E-state index contributed by atoms with van der Waals surface area (Å²) in [7, 11) is 2.08. The summed E-state index contributed by atoms with van der Waals surface area (Å²) in [6.45, 7) is 5.26. The molecule has 2 fully saturated rings. The van der Waals surface area contributed by atoms with E-state index in [1.165, 1.54) is 12.1 Å². The van der Waals surface area contributed by atoms with Gasteiger partial charge in [0.1, 0.15) is 0 Å². The van der Waals surface area contributed by atoms with Crippen LogP contribution in [0.25, 0.3) is 0 Å². The molecule has 0 spiro atoms. The number of aromatic carboxylic acids is 1. The molecule has 0 saturated carbocycles. The van der Waals surface area contributed by atoms with E-state index in [2.05, 4.69) is 27.7 Å². The van der Waals surface area contributed by atoms with Crippen molar-refractivity contribution in [1.82, 2.24) is 25.6 Å². The van der Waals surface area contributed by atoms with E-state index in [-0.39, 0.29) is 35.4 Å². The molecule has 188 valence electrons. The van der Waals surface area contributed by atoms with Gasteiger partial charge in [-0.3, -0.25) is 9.59 Å².